The second kappa shape index (κ2) is 5.93. The standard InChI is InChI=1S/C17H17N5O2/c23-11-12-1-3-13(4-2-12)14-10-21(7-5-18-14)16-9-15-17(24)19-6-8-22(15)20-16/h1-5,9-10,23H,6-8,11H2,(H,19,24). The van der Waals surface area contributed by atoms with Crippen molar-refractivity contribution in [2.24, 2.45) is 4.99 Å². The Morgan fingerprint density at radius 2 is 2.08 bits per heavy atom. The van der Waals surface area contributed by atoms with Crippen molar-refractivity contribution in [3.05, 3.63) is 53.4 Å². The van der Waals surface area contributed by atoms with E-state index in [2.05, 4.69) is 15.4 Å². The molecule has 0 aliphatic carbocycles. The predicted molar refractivity (Wildman–Crippen MR) is 90.7 cm³/mol. The number of nitrogens with one attached hydrogen (secondary N) is 1. The zero-order chi connectivity index (χ0) is 16.5. The van der Waals surface area contributed by atoms with Gasteiger partial charge in [-0.2, -0.15) is 5.10 Å². The first-order valence-electron chi connectivity index (χ1n) is 7.82. The minimum Gasteiger partial charge on any atom is -0.392 e. The highest BCUT2D eigenvalue weighted by molar-refractivity contribution is 5.94. The predicted octanol–water partition coefficient (Wildman–Crippen LogP) is 1.01. The zero-order valence-electron chi connectivity index (χ0n) is 13.0. The van der Waals surface area contributed by atoms with E-state index in [1.165, 1.54) is 0 Å². The number of amides is 1. The number of carbonyl (C=O) groups is 1. The monoisotopic (exact) mass is 323 g/mol. The molecule has 1 aromatic carbocycles. The summed E-state index contributed by atoms with van der Waals surface area (Å²) in [6.07, 6.45) is 3.76. The number of nitrogens with zero attached hydrogens (tertiary/aromatic N) is 4. The quantitative estimate of drug-likeness (QED) is 0.883. The SMILES string of the molecule is O=C1NCCn2nc(N3C=C(c4ccc(CO)cc4)N=CC3)cc21. The molecule has 7 heteroatoms. The van der Waals surface area contributed by atoms with E-state index < -0.39 is 0 Å². The number of aliphatic hydroxyl groups excluding tert-OH is 1. The van der Waals surface area contributed by atoms with Crippen molar-refractivity contribution < 1.29 is 9.90 Å². The highest BCUT2D eigenvalue weighted by Crippen LogP contribution is 2.24. The number of anilines is 1. The van der Waals surface area contributed by atoms with Gasteiger partial charge in [0.15, 0.2) is 5.82 Å². The van der Waals surface area contributed by atoms with Gasteiger partial charge in [-0.05, 0) is 5.56 Å². The fourth-order valence-corrected chi connectivity index (χ4v) is 2.81. The fraction of sp³-hybridized carbons (Fsp3) is 0.235. The van der Waals surface area contributed by atoms with Gasteiger partial charge >= 0.3 is 0 Å². The normalized spacial score (nSPS) is 16.6. The highest BCUT2D eigenvalue weighted by Gasteiger charge is 2.22. The topological polar surface area (TPSA) is 82.8 Å². The number of aliphatic hydroxyl groups is 1. The lowest BCUT2D eigenvalue weighted by molar-refractivity contribution is 0.0924. The molecule has 0 saturated carbocycles. The van der Waals surface area contributed by atoms with Crippen molar-refractivity contribution >= 4 is 23.6 Å². The van der Waals surface area contributed by atoms with Crippen LogP contribution in [0.4, 0.5) is 5.82 Å². The number of hydrogen-bond acceptors (Lipinski definition) is 5. The summed E-state index contributed by atoms with van der Waals surface area (Å²) in [6, 6.07) is 9.43. The average Bonchev–Trinajstić information content (AvgIpc) is 3.08. The number of hydrogen-bond donors (Lipinski definition) is 2. The van der Waals surface area contributed by atoms with Gasteiger partial charge in [0.25, 0.3) is 5.91 Å². The summed E-state index contributed by atoms with van der Waals surface area (Å²) in [4.78, 5) is 18.3. The molecule has 0 fully saturated rings. The van der Waals surface area contributed by atoms with Crippen molar-refractivity contribution in [1.82, 2.24) is 15.1 Å². The summed E-state index contributed by atoms with van der Waals surface area (Å²) in [5.41, 5.74) is 3.24. The molecule has 0 spiro atoms. The summed E-state index contributed by atoms with van der Waals surface area (Å²) in [5, 5.41) is 16.5. The second-order valence-corrected chi connectivity index (χ2v) is 5.70. The van der Waals surface area contributed by atoms with Crippen LogP contribution in [0.3, 0.4) is 0 Å². The van der Waals surface area contributed by atoms with E-state index in [-0.39, 0.29) is 12.5 Å². The van der Waals surface area contributed by atoms with Crippen LogP contribution < -0.4 is 10.2 Å². The van der Waals surface area contributed by atoms with E-state index in [1.807, 2.05) is 41.6 Å². The average molecular weight is 323 g/mol. The molecule has 122 valence electrons. The van der Waals surface area contributed by atoms with E-state index in [4.69, 9.17) is 5.11 Å². The smallest absolute Gasteiger partial charge is 0.269 e. The highest BCUT2D eigenvalue weighted by atomic mass is 16.3. The van der Waals surface area contributed by atoms with Crippen LogP contribution in [0.25, 0.3) is 5.70 Å². The van der Waals surface area contributed by atoms with Crippen LogP contribution in [-0.4, -0.2) is 40.1 Å². The maximum Gasteiger partial charge on any atom is 0.269 e. The minimum absolute atomic E-state index is 0.0248. The Bertz CT molecular complexity index is 835. The third kappa shape index (κ3) is 2.59. The second-order valence-electron chi connectivity index (χ2n) is 5.70. The van der Waals surface area contributed by atoms with Crippen molar-refractivity contribution in [3.63, 3.8) is 0 Å². The lowest BCUT2D eigenvalue weighted by Crippen LogP contribution is -2.35. The molecule has 2 N–H and O–H groups in total. The molecule has 2 aromatic rings. The van der Waals surface area contributed by atoms with E-state index in [1.54, 1.807) is 10.7 Å². The van der Waals surface area contributed by atoms with Crippen LogP contribution in [-0.2, 0) is 13.2 Å². The lowest BCUT2D eigenvalue weighted by atomic mass is 10.1. The largest absolute Gasteiger partial charge is 0.392 e. The van der Waals surface area contributed by atoms with E-state index in [0.29, 0.717) is 25.3 Å². The molecular weight excluding hydrogens is 306 g/mol. The Kier molecular flexibility index (Phi) is 3.62. The Balaban J connectivity index is 1.63. The molecule has 0 bridgehead atoms. The number of fused-ring (bicyclic) bond motifs is 1. The molecule has 1 amide bonds. The van der Waals surface area contributed by atoms with Gasteiger partial charge in [-0.25, -0.2) is 0 Å². The van der Waals surface area contributed by atoms with Crippen molar-refractivity contribution in [2.75, 3.05) is 18.0 Å². The van der Waals surface area contributed by atoms with Gasteiger partial charge in [-0.3, -0.25) is 14.5 Å². The van der Waals surface area contributed by atoms with Crippen molar-refractivity contribution in [3.8, 4) is 0 Å². The van der Waals surface area contributed by atoms with Crippen LogP contribution >= 0.6 is 0 Å². The van der Waals surface area contributed by atoms with Crippen LogP contribution in [0.5, 0.6) is 0 Å². The van der Waals surface area contributed by atoms with Gasteiger partial charge in [0.1, 0.15) is 5.69 Å². The summed E-state index contributed by atoms with van der Waals surface area (Å²) >= 11 is 0. The molecule has 2 aliphatic rings. The van der Waals surface area contributed by atoms with Gasteiger partial charge in [0.05, 0.1) is 25.4 Å². The van der Waals surface area contributed by atoms with Gasteiger partial charge in [-0.15, -0.1) is 0 Å². The molecule has 0 saturated heterocycles. The van der Waals surface area contributed by atoms with Crippen molar-refractivity contribution in [2.45, 2.75) is 13.2 Å². The van der Waals surface area contributed by atoms with Crippen LogP contribution in [0.1, 0.15) is 21.6 Å². The molecule has 0 radical (unpaired) electrons. The first-order chi connectivity index (χ1) is 11.7. The number of aromatic nitrogens is 2. The van der Waals surface area contributed by atoms with Gasteiger partial charge in [0.2, 0.25) is 0 Å². The molecule has 4 rings (SSSR count). The number of rotatable bonds is 3. The van der Waals surface area contributed by atoms with Crippen molar-refractivity contribution in [1.29, 1.82) is 0 Å². The molecule has 24 heavy (non-hydrogen) atoms. The summed E-state index contributed by atoms with van der Waals surface area (Å²) < 4.78 is 1.74. The minimum atomic E-state index is -0.0885. The maximum absolute atomic E-state index is 11.9. The molecule has 0 atom stereocenters. The van der Waals surface area contributed by atoms with Gasteiger partial charge < -0.3 is 15.3 Å². The Morgan fingerprint density at radius 1 is 1.25 bits per heavy atom. The van der Waals surface area contributed by atoms with Gasteiger partial charge in [0, 0.05) is 30.6 Å². The number of aliphatic imine (C=N–C) groups is 1. The molecule has 1 aromatic heterocycles. The van der Waals surface area contributed by atoms with E-state index in [9.17, 15) is 4.79 Å². The molecule has 3 heterocycles. The number of carbonyl (C=O) groups excluding carboxylic acids is 1. The zero-order valence-corrected chi connectivity index (χ0v) is 13.0. The Hall–Kier alpha value is -2.93. The van der Waals surface area contributed by atoms with E-state index in [0.717, 1.165) is 22.6 Å². The van der Waals surface area contributed by atoms with Gasteiger partial charge in [-0.1, -0.05) is 24.3 Å². The first kappa shape index (κ1) is 14.6. The molecular formula is C17H17N5O2. The molecule has 0 unspecified atom stereocenters. The summed E-state index contributed by atoms with van der Waals surface area (Å²) in [6.45, 7) is 1.92. The molecule has 2 aliphatic heterocycles. The summed E-state index contributed by atoms with van der Waals surface area (Å²) in [7, 11) is 0. The third-order valence-electron chi connectivity index (χ3n) is 4.12. The third-order valence-corrected chi connectivity index (χ3v) is 4.12. The summed E-state index contributed by atoms with van der Waals surface area (Å²) in [5.74, 6) is 0.646. The Labute approximate surface area is 138 Å². The maximum atomic E-state index is 11.9. The first-order valence-corrected chi connectivity index (χ1v) is 7.82. The van der Waals surface area contributed by atoms with Crippen LogP contribution in [0.2, 0.25) is 0 Å². The fourth-order valence-electron chi connectivity index (χ4n) is 2.81. The molecule has 7 nitrogen and oxygen atoms in total. The van der Waals surface area contributed by atoms with Crippen LogP contribution in [0.15, 0.2) is 41.5 Å². The van der Waals surface area contributed by atoms with E-state index >= 15 is 0 Å². The lowest BCUT2D eigenvalue weighted by Gasteiger charge is -2.20. The Morgan fingerprint density at radius 3 is 2.83 bits per heavy atom. The van der Waals surface area contributed by atoms with Crippen LogP contribution in [0, 0.1) is 0 Å². The number of benzene rings is 1.